The van der Waals surface area contributed by atoms with Crippen molar-refractivity contribution in [3.63, 3.8) is 0 Å². The molecule has 0 amide bonds. The van der Waals surface area contributed by atoms with Gasteiger partial charge in [0.15, 0.2) is 5.00 Å². The molecule has 0 spiro atoms. The minimum atomic E-state index is -0.877. The number of aliphatic imine (C=N–C) groups is 1. The summed E-state index contributed by atoms with van der Waals surface area (Å²) in [4.78, 5) is 3.22. The molecule has 0 bridgehead atoms. The maximum absolute atomic E-state index is 6.34. The average Bonchev–Trinajstić information content (AvgIpc) is 2.43. The van der Waals surface area contributed by atoms with E-state index in [9.17, 15) is 0 Å². The van der Waals surface area contributed by atoms with Gasteiger partial charge in [-0.05, 0) is 24.1 Å². The summed E-state index contributed by atoms with van der Waals surface area (Å²) >= 11 is 12.0. The van der Waals surface area contributed by atoms with Crippen molar-refractivity contribution in [1.29, 1.82) is 0 Å². The molecule has 74 valence electrons. The molecule has 0 fully saturated rings. The third-order valence-electron chi connectivity index (χ3n) is 2.24. The van der Waals surface area contributed by atoms with Crippen LogP contribution in [0, 0.1) is 0 Å². The van der Waals surface area contributed by atoms with E-state index in [0.29, 0.717) is 0 Å². The van der Waals surface area contributed by atoms with Gasteiger partial charge in [0.2, 0.25) is 0 Å². The molecule has 2 atom stereocenters. The number of rotatable bonds is 1. The van der Waals surface area contributed by atoms with E-state index >= 15 is 0 Å². The molecule has 1 aliphatic rings. The minimum absolute atomic E-state index is 0.122. The fraction of sp³-hybridized carbons (Fsp3) is 0.300. The Balaban J connectivity index is 2.43. The summed E-state index contributed by atoms with van der Waals surface area (Å²) in [7, 11) is 0. The van der Waals surface area contributed by atoms with Crippen LogP contribution in [0.25, 0.3) is 0 Å². The number of nitrogens with zero attached hydrogens (tertiary/aromatic N) is 1. The molecule has 1 aromatic carbocycles. The van der Waals surface area contributed by atoms with Crippen LogP contribution in [-0.4, -0.2) is 11.5 Å². The second-order valence-electron chi connectivity index (χ2n) is 3.16. The predicted octanol–water partition coefficient (Wildman–Crippen LogP) is 3.09. The SMILES string of the molecule is CC1OC(Cl)=NC1(Cl)c1ccccc1. The Labute approximate surface area is 92.5 Å². The molecule has 0 aromatic heterocycles. The van der Waals surface area contributed by atoms with E-state index in [-0.39, 0.29) is 11.5 Å². The summed E-state index contributed by atoms with van der Waals surface area (Å²) in [5, 5.41) is 0.122. The molecule has 0 saturated heterocycles. The zero-order chi connectivity index (χ0) is 10.2. The average molecular weight is 230 g/mol. The number of hydrogen-bond acceptors (Lipinski definition) is 2. The lowest BCUT2D eigenvalue weighted by Crippen LogP contribution is -2.26. The summed E-state index contributed by atoms with van der Waals surface area (Å²) < 4.78 is 5.21. The van der Waals surface area contributed by atoms with E-state index in [1.807, 2.05) is 37.3 Å². The molecule has 0 N–H and O–H groups in total. The molecule has 1 aromatic rings. The van der Waals surface area contributed by atoms with Crippen LogP contribution in [0.1, 0.15) is 12.5 Å². The van der Waals surface area contributed by atoms with Crippen LogP contribution in [0.2, 0.25) is 0 Å². The number of hydrogen-bond donors (Lipinski definition) is 0. The smallest absolute Gasteiger partial charge is 0.284 e. The van der Waals surface area contributed by atoms with Gasteiger partial charge in [-0.15, -0.1) is 0 Å². The van der Waals surface area contributed by atoms with Crippen LogP contribution in [-0.2, 0) is 9.73 Å². The molecule has 1 aliphatic heterocycles. The van der Waals surface area contributed by atoms with Gasteiger partial charge in [0.25, 0.3) is 5.36 Å². The molecular formula is C10H9Cl2NO. The fourth-order valence-electron chi connectivity index (χ4n) is 1.44. The Morgan fingerprint density at radius 3 is 2.50 bits per heavy atom. The van der Waals surface area contributed by atoms with E-state index in [0.717, 1.165) is 5.56 Å². The fourth-order valence-corrected chi connectivity index (χ4v) is 2.00. The van der Waals surface area contributed by atoms with Crippen molar-refractivity contribution in [1.82, 2.24) is 0 Å². The zero-order valence-corrected chi connectivity index (χ0v) is 9.09. The predicted molar refractivity (Wildman–Crippen MR) is 57.8 cm³/mol. The number of benzene rings is 1. The Morgan fingerprint density at radius 1 is 1.36 bits per heavy atom. The molecule has 14 heavy (non-hydrogen) atoms. The van der Waals surface area contributed by atoms with Crippen molar-refractivity contribution >= 4 is 28.6 Å². The lowest BCUT2D eigenvalue weighted by molar-refractivity contribution is 0.200. The van der Waals surface area contributed by atoms with Gasteiger partial charge in [-0.2, -0.15) is 0 Å². The van der Waals surface area contributed by atoms with Crippen LogP contribution in [0.3, 0.4) is 0 Å². The lowest BCUT2D eigenvalue weighted by Gasteiger charge is -2.22. The van der Waals surface area contributed by atoms with Gasteiger partial charge in [0, 0.05) is 0 Å². The molecular weight excluding hydrogens is 221 g/mol. The van der Waals surface area contributed by atoms with Crippen LogP contribution in [0.4, 0.5) is 0 Å². The third-order valence-corrected chi connectivity index (χ3v) is 3.03. The monoisotopic (exact) mass is 229 g/mol. The van der Waals surface area contributed by atoms with Crippen molar-refractivity contribution in [3.8, 4) is 0 Å². The van der Waals surface area contributed by atoms with E-state index < -0.39 is 5.00 Å². The maximum Gasteiger partial charge on any atom is 0.284 e. The first kappa shape index (κ1) is 9.81. The topological polar surface area (TPSA) is 21.6 Å². The molecule has 1 heterocycles. The quantitative estimate of drug-likeness (QED) is 0.536. The van der Waals surface area contributed by atoms with Gasteiger partial charge in [-0.25, -0.2) is 4.99 Å². The minimum Gasteiger partial charge on any atom is -0.462 e. The van der Waals surface area contributed by atoms with Crippen molar-refractivity contribution in [2.75, 3.05) is 0 Å². The molecule has 2 nitrogen and oxygen atoms in total. The number of alkyl halides is 1. The molecule has 0 aliphatic carbocycles. The van der Waals surface area contributed by atoms with Crippen molar-refractivity contribution in [3.05, 3.63) is 35.9 Å². The number of ether oxygens (including phenoxy) is 1. The first-order valence-corrected chi connectivity index (χ1v) is 5.05. The largest absolute Gasteiger partial charge is 0.462 e. The summed E-state index contributed by atoms with van der Waals surface area (Å²) in [6.45, 7) is 1.85. The van der Waals surface area contributed by atoms with Gasteiger partial charge in [0.1, 0.15) is 6.10 Å². The molecule has 4 heteroatoms. The molecule has 0 radical (unpaired) electrons. The summed E-state index contributed by atoms with van der Waals surface area (Å²) in [6, 6.07) is 9.56. The van der Waals surface area contributed by atoms with E-state index in [2.05, 4.69) is 4.99 Å². The number of halogens is 2. The molecule has 2 rings (SSSR count). The standard InChI is InChI=1S/C10H9Cl2NO/c1-7-10(12,13-9(11)14-7)8-5-3-2-4-6-8/h2-7H,1H3. The van der Waals surface area contributed by atoms with E-state index in [1.165, 1.54) is 0 Å². The highest BCUT2D eigenvalue weighted by Crippen LogP contribution is 2.40. The highest BCUT2D eigenvalue weighted by molar-refractivity contribution is 6.63. The highest BCUT2D eigenvalue weighted by atomic mass is 35.5. The molecule has 2 unspecified atom stereocenters. The second-order valence-corrected chi connectivity index (χ2v) is 4.06. The Kier molecular flexibility index (Phi) is 2.41. The van der Waals surface area contributed by atoms with Crippen molar-refractivity contribution in [2.24, 2.45) is 4.99 Å². The van der Waals surface area contributed by atoms with Gasteiger partial charge < -0.3 is 4.74 Å². The van der Waals surface area contributed by atoms with Crippen LogP contribution < -0.4 is 0 Å². The van der Waals surface area contributed by atoms with Gasteiger partial charge >= 0.3 is 0 Å². The first-order chi connectivity index (χ1) is 6.63. The second kappa shape index (κ2) is 3.44. The van der Waals surface area contributed by atoms with Crippen molar-refractivity contribution < 1.29 is 4.74 Å². The summed E-state index contributed by atoms with van der Waals surface area (Å²) in [5.74, 6) is 0. The normalized spacial score (nSPS) is 31.1. The highest BCUT2D eigenvalue weighted by Gasteiger charge is 2.42. The Bertz CT molecular complexity index is 366. The van der Waals surface area contributed by atoms with Gasteiger partial charge in [0.05, 0.1) is 0 Å². The summed E-state index contributed by atoms with van der Waals surface area (Å²) in [5.41, 5.74) is 0.893. The van der Waals surface area contributed by atoms with E-state index in [1.54, 1.807) is 0 Å². The Morgan fingerprint density at radius 2 is 2.00 bits per heavy atom. The van der Waals surface area contributed by atoms with Crippen molar-refractivity contribution in [2.45, 2.75) is 18.0 Å². The van der Waals surface area contributed by atoms with Crippen LogP contribution in [0.15, 0.2) is 35.3 Å². The summed E-state index contributed by atoms with van der Waals surface area (Å²) in [6.07, 6.45) is -0.251. The zero-order valence-electron chi connectivity index (χ0n) is 7.58. The first-order valence-electron chi connectivity index (χ1n) is 4.29. The van der Waals surface area contributed by atoms with Crippen LogP contribution in [0.5, 0.6) is 0 Å². The molecule has 0 saturated carbocycles. The Hall–Kier alpha value is -0.730. The van der Waals surface area contributed by atoms with Gasteiger partial charge in [-0.3, -0.25) is 0 Å². The lowest BCUT2D eigenvalue weighted by atomic mass is 10.0. The maximum atomic E-state index is 6.34. The van der Waals surface area contributed by atoms with E-state index in [4.69, 9.17) is 27.9 Å². The third kappa shape index (κ3) is 1.49. The van der Waals surface area contributed by atoms with Crippen LogP contribution >= 0.6 is 23.2 Å². The van der Waals surface area contributed by atoms with Gasteiger partial charge in [-0.1, -0.05) is 41.9 Å².